The second-order valence-corrected chi connectivity index (χ2v) is 6.22. The van der Waals surface area contributed by atoms with Gasteiger partial charge in [0.05, 0.1) is 24.3 Å². The topological polar surface area (TPSA) is 68.3 Å². The van der Waals surface area contributed by atoms with Crippen molar-refractivity contribution in [2.75, 3.05) is 11.9 Å². The minimum Gasteiger partial charge on any atom is -0.466 e. The second kappa shape index (κ2) is 8.11. The van der Waals surface area contributed by atoms with Gasteiger partial charge in [0.1, 0.15) is 17.5 Å². The highest BCUT2D eigenvalue weighted by molar-refractivity contribution is 7.16. The highest BCUT2D eigenvalue weighted by Crippen LogP contribution is 2.34. The van der Waals surface area contributed by atoms with Crippen LogP contribution in [-0.4, -0.2) is 23.5 Å². The number of amides is 1. The zero-order valence-corrected chi connectivity index (χ0v) is 14.3. The lowest BCUT2D eigenvalue weighted by Gasteiger charge is -2.04. The van der Waals surface area contributed by atoms with Gasteiger partial charge in [-0.3, -0.25) is 9.59 Å². The summed E-state index contributed by atoms with van der Waals surface area (Å²) in [5.41, 5.74) is -0.470. The Bertz CT molecular complexity index is 785. The lowest BCUT2D eigenvalue weighted by molar-refractivity contribution is -0.144. The number of rotatable bonds is 6. The van der Waals surface area contributed by atoms with Crippen LogP contribution < -0.4 is 5.32 Å². The summed E-state index contributed by atoms with van der Waals surface area (Å²) in [5.74, 6) is -4.16. The summed E-state index contributed by atoms with van der Waals surface area (Å²) in [4.78, 5) is 27.5. The van der Waals surface area contributed by atoms with Gasteiger partial charge in [0.15, 0.2) is 5.13 Å². The molecular formula is C16H15F3N2O3S. The zero-order valence-electron chi connectivity index (χ0n) is 13.5. The van der Waals surface area contributed by atoms with Gasteiger partial charge in [0, 0.05) is 23.4 Å². The largest absolute Gasteiger partial charge is 0.466 e. The Kier molecular flexibility index (Phi) is 6.13. The maximum atomic E-state index is 13.9. The number of nitrogens with zero attached hydrogens (tertiary/aromatic N) is 1. The van der Waals surface area contributed by atoms with E-state index < -0.39 is 34.9 Å². The molecular weight excluding hydrogens is 357 g/mol. The number of halogens is 3. The molecule has 0 aliphatic heterocycles. The molecule has 25 heavy (non-hydrogen) atoms. The fraction of sp³-hybridized carbons (Fsp3) is 0.312. The molecule has 0 radical (unpaired) electrons. The first-order valence-corrected chi connectivity index (χ1v) is 8.21. The van der Waals surface area contributed by atoms with E-state index in [1.807, 2.05) is 0 Å². The third-order valence-corrected chi connectivity index (χ3v) is 4.03. The Labute approximate surface area is 145 Å². The summed E-state index contributed by atoms with van der Waals surface area (Å²) < 4.78 is 45.5. The van der Waals surface area contributed by atoms with Crippen LogP contribution in [0.4, 0.5) is 18.3 Å². The zero-order chi connectivity index (χ0) is 18.6. The quantitative estimate of drug-likeness (QED) is 0.783. The van der Waals surface area contributed by atoms with Crippen LogP contribution in [0.3, 0.4) is 0 Å². The molecule has 0 fully saturated rings. The SMILES string of the molecule is CCOC(=O)CCC(=O)Nc1nc(-c2c(F)cc(F)cc2F)c(C)s1. The molecule has 2 aromatic rings. The van der Waals surface area contributed by atoms with Gasteiger partial charge in [0.2, 0.25) is 5.91 Å². The number of ether oxygens (including phenoxy) is 1. The maximum absolute atomic E-state index is 13.9. The monoisotopic (exact) mass is 372 g/mol. The Morgan fingerprint density at radius 1 is 1.20 bits per heavy atom. The van der Waals surface area contributed by atoms with E-state index >= 15 is 0 Å². The first kappa shape index (κ1) is 18.9. The van der Waals surface area contributed by atoms with Gasteiger partial charge in [-0.1, -0.05) is 0 Å². The number of aryl methyl sites for hydroxylation is 1. The van der Waals surface area contributed by atoms with E-state index in [1.54, 1.807) is 13.8 Å². The van der Waals surface area contributed by atoms with Gasteiger partial charge >= 0.3 is 5.97 Å². The number of nitrogens with one attached hydrogen (secondary N) is 1. The summed E-state index contributed by atoms with van der Waals surface area (Å²) in [6, 6.07) is 1.13. The van der Waals surface area contributed by atoms with Gasteiger partial charge in [0.25, 0.3) is 0 Å². The molecule has 0 spiro atoms. The van der Waals surface area contributed by atoms with E-state index in [0.29, 0.717) is 17.0 Å². The molecule has 0 aliphatic carbocycles. The summed E-state index contributed by atoms with van der Waals surface area (Å²) in [5, 5.41) is 2.59. The number of hydrogen-bond acceptors (Lipinski definition) is 5. The Hall–Kier alpha value is -2.42. The molecule has 0 atom stereocenters. The number of anilines is 1. The van der Waals surface area contributed by atoms with Crippen molar-refractivity contribution in [1.29, 1.82) is 0 Å². The van der Waals surface area contributed by atoms with Gasteiger partial charge < -0.3 is 10.1 Å². The first-order chi connectivity index (χ1) is 11.8. The third kappa shape index (κ3) is 4.79. The molecule has 5 nitrogen and oxygen atoms in total. The van der Waals surface area contributed by atoms with Crippen LogP contribution in [-0.2, 0) is 14.3 Å². The van der Waals surface area contributed by atoms with Crippen molar-refractivity contribution >= 4 is 28.3 Å². The number of esters is 1. The van der Waals surface area contributed by atoms with E-state index in [0.717, 1.165) is 11.3 Å². The average molecular weight is 372 g/mol. The predicted octanol–water partition coefficient (Wildman–Crippen LogP) is 3.82. The molecule has 0 unspecified atom stereocenters. The highest BCUT2D eigenvalue weighted by atomic mass is 32.1. The minimum absolute atomic E-state index is 0.0132. The van der Waals surface area contributed by atoms with Crippen LogP contribution >= 0.6 is 11.3 Å². The molecule has 1 N–H and O–H groups in total. The molecule has 134 valence electrons. The van der Waals surface area contributed by atoms with Gasteiger partial charge in [-0.2, -0.15) is 0 Å². The smallest absolute Gasteiger partial charge is 0.306 e. The number of carbonyl (C=O) groups is 2. The van der Waals surface area contributed by atoms with Crippen molar-refractivity contribution in [3.05, 3.63) is 34.5 Å². The van der Waals surface area contributed by atoms with Crippen LogP contribution in [0.2, 0.25) is 0 Å². The van der Waals surface area contributed by atoms with Crippen LogP contribution in [0, 0.1) is 24.4 Å². The van der Waals surface area contributed by atoms with E-state index in [1.165, 1.54) is 0 Å². The van der Waals surface area contributed by atoms with Crippen molar-refractivity contribution in [3.63, 3.8) is 0 Å². The van der Waals surface area contributed by atoms with E-state index in [9.17, 15) is 22.8 Å². The standard InChI is InChI=1S/C16H15F3N2O3S/c1-3-24-13(23)5-4-12(22)20-16-21-15(8(2)25-16)14-10(18)6-9(17)7-11(14)19/h6-7H,3-5H2,1-2H3,(H,20,21,22). The Morgan fingerprint density at radius 2 is 1.84 bits per heavy atom. The molecule has 1 amide bonds. The van der Waals surface area contributed by atoms with E-state index in [-0.39, 0.29) is 30.3 Å². The normalized spacial score (nSPS) is 10.6. The number of benzene rings is 1. The molecule has 0 aliphatic rings. The second-order valence-electron chi connectivity index (χ2n) is 5.02. The third-order valence-electron chi connectivity index (χ3n) is 3.15. The molecule has 1 aromatic carbocycles. The predicted molar refractivity (Wildman–Crippen MR) is 86.7 cm³/mol. The molecule has 0 bridgehead atoms. The fourth-order valence-corrected chi connectivity index (χ4v) is 2.92. The lowest BCUT2D eigenvalue weighted by Crippen LogP contribution is -2.14. The van der Waals surface area contributed by atoms with Crippen molar-refractivity contribution in [2.24, 2.45) is 0 Å². The van der Waals surface area contributed by atoms with Crippen molar-refractivity contribution < 1.29 is 27.5 Å². The molecule has 0 saturated heterocycles. The average Bonchev–Trinajstić information content (AvgIpc) is 2.85. The first-order valence-electron chi connectivity index (χ1n) is 7.39. The summed E-state index contributed by atoms with van der Waals surface area (Å²) in [6.07, 6.45) is -0.190. The number of hydrogen-bond donors (Lipinski definition) is 1. The lowest BCUT2D eigenvalue weighted by atomic mass is 10.1. The van der Waals surface area contributed by atoms with Crippen LogP contribution in [0.15, 0.2) is 12.1 Å². The van der Waals surface area contributed by atoms with Crippen LogP contribution in [0.25, 0.3) is 11.3 Å². The fourth-order valence-electron chi connectivity index (χ4n) is 2.08. The number of aromatic nitrogens is 1. The van der Waals surface area contributed by atoms with Crippen molar-refractivity contribution in [3.8, 4) is 11.3 Å². The number of thiazole rings is 1. The van der Waals surface area contributed by atoms with E-state index in [4.69, 9.17) is 4.74 Å². The molecule has 0 saturated carbocycles. The maximum Gasteiger partial charge on any atom is 0.306 e. The van der Waals surface area contributed by atoms with Gasteiger partial charge in [-0.15, -0.1) is 11.3 Å². The van der Waals surface area contributed by atoms with Crippen LogP contribution in [0.5, 0.6) is 0 Å². The Morgan fingerprint density at radius 3 is 2.44 bits per heavy atom. The summed E-state index contributed by atoms with van der Waals surface area (Å²) in [7, 11) is 0. The van der Waals surface area contributed by atoms with Crippen LogP contribution in [0.1, 0.15) is 24.6 Å². The van der Waals surface area contributed by atoms with Gasteiger partial charge in [-0.05, 0) is 13.8 Å². The molecule has 2 rings (SSSR count). The number of carbonyl (C=O) groups excluding carboxylic acids is 2. The summed E-state index contributed by atoms with van der Waals surface area (Å²) >= 11 is 1.02. The molecule has 9 heteroatoms. The Balaban J connectivity index is 2.13. The summed E-state index contributed by atoms with van der Waals surface area (Å²) in [6.45, 7) is 3.46. The van der Waals surface area contributed by atoms with E-state index in [2.05, 4.69) is 10.3 Å². The minimum atomic E-state index is -1.08. The molecule has 1 aromatic heterocycles. The van der Waals surface area contributed by atoms with Gasteiger partial charge in [-0.25, -0.2) is 18.2 Å². The van der Waals surface area contributed by atoms with Crippen molar-refractivity contribution in [1.82, 2.24) is 4.98 Å². The highest BCUT2D eigenvalue weighted by Gasteiger charge is 2.20. The van der Waals surface area contributed by atoms with Crippen molar-refractivity contribution in [2.45, 2.75) is 26.7 Å². The molecule has 1 heterocycles.